The monoisotopic (exact) mass is 191 g/mol. The number of nitrogens with zero attached hydrogens (tertiary/aromatic N) is 2. The van der Waals surface area contributed by atoms with E-state index in [2.05, 4.69) is 10.4 Å². The van der Waals surface area contributed by atoms with Gasteiger partial charge in [0.25, 0.3) is 0 Å². The molecule has 14 heavy (non-hydrogen) atoms. The second kappa shape index (κ2) is 3.77. The highest BCUT2D eigenvalue weighted by molar-refractivity contribution is 5.46. The van der Waals surface area contributed by atoms with Crippen molar-refractivity contribution in [2.45, 2.75) is 6.10 Å². The molecule has 0 aromatic carbocycles. The standard InChI is InChI=1S/C10H13N3O/c1-11-6-10(14)8-2-3-9-4-5-12-13(9)7-8/h2-5,7,10-11,14H,6H2,1H3. The second-order valence-electron chi connectivity index (χ2n) is 3.24. The molecule has 4 nitrogen and oxygen atoms in total. The van der Waals surface area contributed by atoms with Crippen molar-refractivity contribution in [1.29, 1.82) is 0 Å². The smallest absolute Gasteiger partial charge is 0.0929 e. The molecule has 0 radical (unpaired) electrons. The van der Waals surface area contributed by atoms with Crippen molar-refractivity contribution < 1.29 is 5.11 Å². The normalized spacial score (nSPS) is 13.3. The Morgan fingerprint density at radius 2 is 2.36 bits per heavy atom. The number of aliphatic hydroxyl groups excluding tert-OH is 1. The Morgan fingerprint density at radius 3 is 3.14 bits per heavy atom. The van der Waals surface area contributed by atoms with Crippen LogP contribution < -0.4 is 5.32 Å². The number of fused-ring (bicyclic) bond motifs is 1. The van der Waals surface area contributed by atoms with Crippen LogP contribution in [0.5, 0.6) is 0 Å². The number of nitrogens with one attached hydrogen (secondary N) is 1. The topological polar surface area (TPSA) is 49.6 Å². The highest BCUT2D eigenvalue weighted by Crippen LogP contribution is 2.12. The third kappa shape index (κ3) is 1.62. The Bertz CT molecular complexity index is 424. The van der Waals surface area contributed by atoms with E-state index in [-0.39, 0.29) is 0 Å². The highest BCUT2D eigenvalue weighted by atomic mass is 16.3. The van der Waals surface area contributed by atoms with Crippen LogP contribution in [0, 0.1) is 0 Å². The molecular formula is C10H13N3O. The number of hydrogen-bond donors (Lipinski definition) is 2. The molecule has 2 N–H and O–H groups in total. The lowest BCUT2D eigenvalue weighted by molar-refractivity contribution is 0.177. The van der Waals surface area contributed by atoms with E-state index in [1.807, 2.05) is 31.4 Å². The van der Waals surface area contributed by atoms with Gasteiger partial charge in [-0.25, -0.2) is 4.52 Å². The molecule has 2 aromatic heterocycles. The molecule has 0 amide bonds. The SMILES string of the molecule is CNCC(O)c1ccc2ccnn2c1. The average molecular weight is 191 g/mol. The Hall–Kier alpha value is -1.39. The van der Waals surface area contributed by atoms with Crippen molar-refractivity contribution in [2.24, 2.45) is 0 Å². The van der Waals surface area contributed by atoms with Crippen LogP contribution in [-0.4, -0.2) is 28.3 Å². The number of likely N-dealkylation sites (N-methyl/N-ethyl adjacent to an activating group) is 1. The van der Waals surface area contributed by atoms with Crippen molar-refractivity contribution in [1.82, 2.24) is 14.9 Å². The zero-order valence-corrected chi connectivity index (χ0v) is 8.01. The fourth-order valence-electron chi connectivity index (χ4n) is 1.44. The first-order chi connectivity index (χ1) is 6.81. The van der Waals surface area contributed by atoms with Gasteiger partial charge >= 0.3 is 0 Å². The van der Waals surface area contributed by atoms with E-state index in [0.29, 0.717) is 6.54 Å². The number of rotatable bonds is 3. The summed E-state index contributed by atoms with van der Waals surface area (Å²) in [4.78, 5) is 0. The van der Waals surface area contributed by atoms with E-state index >= 15 is 0 Å². The summed E-state index contributed by atoms with van der Waals surface area (Å²) in [7, 11) is 1.82. The van der Waals surface area contributed by atoms with Gasteiger partial charge in [-0.15, -0.1) is 0 Å². The number of hydrogen-bond acceptors (Lipinski definition) is 3. The predicted octanol–water partition coefficient (Wildman–Crippen LogP) is 0.587. The van der Waals surface area contributed by atoms with Crippen LogP contribution in [0.4, 0.5) is 0 Å². The quantitative estimate of drug-likeness (QED) is 0.746. The summed E-state index contributed by atoms with van der Waals surface area (Å²) in [5.74, 6) is 0. The summed E-state index contributed by atoms with van der Waals surface area (Å²) in [6, 6.07) is 5.79. The van der Waals surface area contributed by atoms with Crippen molar-refractivity contribution in [3.05, 3.63) is 36.2 Å². The first-order valence-corrected chi connectivity index (χ1v) is 4.57. The molecule has 0 aliphatic heterocycles. The second-order valence-corrected chi connectivity index (χ2v) is 3.24. The van der Waals surface area contributed by atoms with E-state index in [1.165, 1.54) is 0 Å². The molecule has 0 aliphatic rings. The molecule has 0 aliphatic carbocycles. The van der Waals surface area contributed by atoms with Crippen LogP contribution in [0.2, 0.25) is 0 Å². The molecule has 4 heteroatoms. The number of aliphatic hydroxyl groups is 1. The maximum atomic E-state index is 9.71. The molecule has 0 fully saturated rings. The van der Waals surface area contributed by atoms with Crippen LogP contribution in [0.25, 0.3) is 5.52 Å². The first kappa shape index (κ1) is 9.18. The summed E-state index contributed by atoms with van der Waals surface area (Å²) in [6.07, 6.45) is 3.11. The first-order valence-electron chi connectivity index (χ1n) is 4.57. The summed E-state index contributed by atoms with van der Waals surface area (Å²) >= 11 is 0. The molecule has 2 rings (SSSR count). The van der Waals surface area contributed by atoms with Gasteiger partial charge in [-0.3, -0.25) is 0 Å². The fraction of sp³-hybridized carbons (Fsp3) is 0.300. The Morgan fingerprint density at radius 1 is 1.50 bits per heavy atom. The molecule has 0 spiro atoms. The molecule has 0 saturated carbocycles. The van der Waals surface area contributed by atoms with Crippen LogP contribution >= 0.6 is 0 Å². The van der Waals surface area contributed by atoms with Crippen molar-refractivity contribution in [3.8, 4) is 0 Å². The van der Waals surface area contributed by atoms with Crippen LogP contribution in [0.15, 0.2) is 30.6 Å². The largest absolute Gasteiger partial charge is 0.387 e. The Balaban J connectivity index is 2.33. The number of pyridine rings is 1. The lowest BCUT2D eigenvalue weighted by Gasteiger charge is -2.09. The maximum absolute atomic E-state index is 9.71. The average Bonchev–Trinajstić information content (AvgIpc) is 2.64. The molecule has 2 heterocycles. The molecular weight excluding hydrogens is 178 g/mol. The van der Waals surface area contributed by atoms with E-state index in [9.17, 15) is 5.11 Å². The van der Waals surface area contributed by atoms with Gasteiger partial charge in [0.1, 0.15) is 0 Å². The summed E-state index contributed by atoms with van der Waals surface area (Å²) in [5.41, 5.74) is 1.90. The molecule has 2 aromatic rings. The Labute approximate surface area is 82.2 Å². The minimum absolute atomic E-state index is 0.478. The van der Waals surface area contributed by atoms with Gasteiger partial charge in [0, 0.05) is 24.5 Å². The predicted molar refractivity (Wildman–Crippen MR) is 54.1 cm³/mol. The molecule has 1 unspecified atom stereocenters. The fourth-order valence-corrected chi connectivity index (χ4v) is 1.44. The summed E-state index contributed by atoms with van der Waals surface area (Å²) in [5, 5.41) is 16.7. The van der Waals surface area contributed by atoms with Gasteiger partial charge in [-0.1, -0.05) is 6.07 Å². The minimum Gasteiger partial charge on any atom is -0.387 e. The van der Waals surface area contributed by atoms with Gasteiger partial charge < -0.3 is 10.4 Å². The van der Waals surface area contributed by atoms with E-state index in [4.69, 9.17) is 0 Å². The minimum atomic E-state index is -0.478. The maximum Gasteiger partial charge on any atom is 0.0929 e. The van der Waals surface area contributed by atoms with Gasteiger partial charge in [0.2, 0.25) is 0 Å². The van der Waals surface area contributed by atoms with Crippen molar-refractivity contribution >= 4 is 5.52 Å². The third-order valence-corrected chi connectivity index (χ3v) is 2.20. The lowest BCUT2D eigenvalue weighted by atomic mass is 10.1. The highest BCUT2D eigenvalue weighted by Gasteiger charge is 2.06. The molecule has 1 atom stereocenters. The Kier molecular flexibility index (Phi) is 2.47. The van der Waals surface area contributed by atoms with Gasteiger partial charge in [0.15, 0.2) is 0 Å². The van der Waals surface area contributed by atoms with Gasteiger partial charge in [-0.05, 0) is 19.2 Å². The molecule has 74 valence electrons. The molecule has 0 bridgehead atoms. The van der Waals surface area contributed by atoms with E-state index < -0.39 is 6.10 Å². The van der Waals surface area contributed by atoms with E-state index in [1.54, 1.807) is 10.7 Å². The number of aromatic nitrogens is 2. The van der Waals surface area contributed by atoms with Gasteiger partial charge in [0.05, 0.1) is 11.6 Å². The van der Waals surface area contributed by atoms with E-state index in [0.717, 1.165) is 11.1 Å². The lowest BCUT2D eigenvalue weighted by Crippen LogP contribution is -2.17. The van der Waals surface area contributed by atoms with Crippen LogP contribution in [0.1, 0.15) is 11.7 Å². The van der Waals surface area contributed by atoms with Gasteiger partial charge in [-0.2, -0.15) is 5.10 Å². The molecule has 0 saturated heterocycles. The van der Waals surface area contributed by atoms with Crippen LogP contribution in [-0.2, 0) is 0 Å². The van der Waals surface area contributed by atoms with Crippen molar-refractivity contribution in [3.63, 3.8) is 0 Å². The third-order valence-electron chi connectivity index (χ3n) is 2.20. The summed E-state index contributed by atoms with van der Waals surface area (Å²) < 4.78 is 1.76. The zero-order chi connectivity index (χ0) is 9.97. The summed E-state index contributed by atoms with van der Waals surface area (Å²) in [6.45, 7) is 0.548. The van der Waals surface area contributed by atoms with Crippen molar-refractivity contribution in [2.75, 3.05) is 13.6 Å². The van der Waals surface area contributed by atoms with Crippen LogP contribution in [0.3, 0.4) is 0 Å². The zero-order valence-electron chi connectivity index (χ0n) is 8.01.